The largest absolute Gasteiger partial charge is 0.303 e. The highest BCUT2D eigenvalue weighted by Gasteiger charge is 2.23. The number of alkyl halides is 1. The number of benzene rings is 1. The Bertz CT molecular complexity index is 896. The van der Waals surface area contributed by atoms with Crippen LogP contribution in [0.2, 0.25) is 0 Å². The van der Waals surface area contributed by atoms with Crippen molar-refractivity contribution in [2.45, 2.75) is 37.8 Å². The summed E-state index contributed by atoms with van der Waals surface area (Å²) in [6.45, 7) is 9.36. The molecule has 6 heteroatoms. The van der Waals surface area contributed by atoms with E-state index >= 15 is 0 Å². The Morgan fingerprint density at radius 1 is 1.23 bits per heavy atom. The number of hydrogen-bond acceptors (Lipinski definition) is 3. The van der Waals surface area contributed by atoms with Crippen molar-refractivity contribution >= 4 is 9.84 Å². The summed E-state index contributed by atoms with van der Waals surface area (Å²) >= 11 is 0. The summed E-state index contributed by atoms with van der Waals surface area (Å²) in [6, 6.07) is 6.50. The lowest BCUT2D eigenvalue weighted by atomic mass is 9.92. The molecule has 1 aromatic carbocycles. The van der Waals surface area contributed by atoms with Gasteiger partial charge in [0.05, 0.1) is 10.6 Å². The van der Waals surface area contributed by atoms with E-state index in [2.05, 4.69) is 24.6 Å². The summed E-state index contributed by atoms with van der Waals surface area (Å²) in [6.07, 6.45) is 7.45. The average molecular weight is 376 g/mol. The maximum Gasteiger partial charge on any atom is 0.175 e. The first-order chi connectivity index (χ1) is 12.2. The fourth-order valence-corrected chi connectivity index (χ4v) is 3.51. The Morgan fingerprint density at radius 2 is 1.85 bits per heavy atom. The number of allylic oxidation sites excluding steroid dienone is 3. The van der Waals surface area contributed by atoms with Gasteiger partial charge in [-0.2, -0.15) is 0 Å². The zero-order valence-corrected chi connectivity index (χ0v) is 16.4. The molecule has 26 heavy (non-hydrogen) atoms. The van der Waals surface area contributed by atoms with Crippen LogP contribution in [-0.2, 0) is 9.84 Å². The molecule has 0 aliphatic rings. The molecule has 140 valence electrons. The van der Waals surface area contributed by atoms with E-state index in [1.807, 2.05) is 17.6 Å². The molecule has 0 saturated heterocycles. The summed E-state index contributed by atoms with van der Waals surface area (Å²) in [5.41, 5.74) is 1.07. The van der Waals surface area contributed by atoms with E-state index in [0.717, 1.165) is 5.69 Å². The second kappa shape index (κ2) is 7.99. The van der Waals surface area contributed by atoms with Crippen LogP contribution in [-0.4, -0.2) is 24.2 Å². The third kappa shape index (κ3) is 4.30. The predicted octanol–water partition coefficient (Wildman–Crippen LogP) is 4.79. The van der Waals surface area contributed by atoms with E-state index in [4.69, 9.17) is 0 Å². The van der Waals surface area contributed by atoms with E-state index < -0.39 is 16.0 Å². The molecule has 0 aliphatic carbocycles. The lowest BCUT2D eigenvalue weighted by Crippen LogP contribution is -2.12. The summed E-state index contributed by atoms with van der Waals surface area (Å²) in [5.74, 6) is 0.710. The fraction of sp³-hybridized carbons (Fsp3) is 0.350. The van der Waals surface area contributed by atoms with Gasteiger partial charge in [0.1, 0.15) is 12.0 Å². The zero-order chi connectivity index (χ0) is 19.5. The van der Waals surface area contributed by atoms with Crippen LogP contribution in [0.1, 0.15) is 44.4 Å². The average Bonchev–Trinajstić information content (AvgIpc) is 3.00. The first-order valence-electron chi connectivity index (χ1n) is 8.48. The normalized spacial score (nSPS) is 15.7. The molecule has 0 N–H and O–H groups in total. The van der Waals surface area contributed by atoms with E-state index in [-0.39, 0.29) is 16.7 Å². The number of aromatic nitrogens is 2. The Morgan fingerprint density at radius 3 is 2.31 bits per heavy atom. The van der Waals surface area contributed by atoms with Crippen LogP contribution in [0.25, 0.3) is 5.69 Å². The van der Waals surface area contributed by atoms with Crippen molar-refractivity contribution in [1.29, 1.82) is 0 Å². The van der Waals surface area contributed by atoms with Gasteiger partial charge < -0.3 is 4.57 Å². The monoisotopic (exact) mass is 376 g/mol. The van der Waals surface area contributed by atoms with Gasteiger partial charge in [-0.1, -0.05) is 25.2 Å². The highest BCUT2D eigenvalue weighted by atomic mass is 32.2. The van der Waals surface area contributed by atoms with Crippen LogP contribution in [0.3, 0.4) is 0 Å². The smallest absolute Gasteiger partial charge is 0.175 e. The zero-order valence-electron chi connectivity index (χ0n) is 15.6. The summed E-state index contributed by atoms with van der Waals surface area (Å²) in [7, 11) is -3.27. The topological polar surface area (TPSA) is 52.0 Å². The maximum absolute atomic E-state index is 13.9. The van der Waals surface area contributed by atoms with Gasteiger partial charge in [0.2, 0.25) is 0 Å². The molecule has 2 rings (SSSR count). The maximum atomic E-state index is 13.9. The highest BCUT2D eigenvalue weighted by Crippen LogP contribution is 2.30. The number of halogens is 1. The Kier molecular flexibility index (Phi) is 6.18. The number of sulfone groups is 1. The predicted molar refractivity (Wildman–Crippen MR) is 103 cm³/mol. The molecule has 3 unspecified atom stereocenters. The molecule has 0 spiro atoms. The van der Waals surface area contributed by atoms with Crippen LogP contribution in [0, 0.1) is 5.92 Å². The number of rotatable bonds is 7. The first-order valence-corrected chi connectivity index (χ1v) is 10.4. The van der Waals surface area contributed by atoms with Crippen LogP contribution < -0.4 is 0 Å². The van der Waals surface area contributed by atoms with Crippen LogP contribution >= 0.6 is 0 Å². The van der Waals surface area contributed by atoms with Gasteiger partial charge >= 0.3 is 0 Å². The lowest BCUT2D eigenvalue weighted by molar-refractivity contribution is 0.366. The standard InChI is InChI=1S/C20H25FN2O2S/c1-6-8-14(3)18(7-2)20-22-19(15(4)21)13-23(20)16-9-11-17(12-10-16)26(5,24)25/h6-15,18H,2H2,1,3-5H3/b8-6-. The molecule has 0 aliphatic heterocycles. The second-order valence-corrected chi connectivity index (χ2v) is 8.44. The number of hydrogen-bond donors (Lipinski definition) is 0. The molecule has 1 aromatic heterocycles. The Hall–Kier alpha value is -2.21. The SMILES string of the molecule is C=CC(c1nc(C(C)F)cn1-c1ccc(S(C)(=O)=O)cc1)C(C)/C=C\C. The van der Waals surface area contributed by atoms with Gasteiger partial charge in [-0.05, 0) is 44.0 Å². The van der Waals surface area contributed by atoms with E-state index in [0.29, 0.717) is 11.5 Å². The molecule has 1 heterocycles. The van der Waals surface area contributed by atoms with Gasteiger partial charge in [0, 0.05) is 24.1 Å². The van der Waals surface area contributed by atoms with Gasteiger partial charge in [-0.25, -0.2) is 17.8 Å². The van der Waals surface area contributed by atoms with Crippen molar-refractivity contribution in [1.82, 2.24) is 9.55 Å². The number of imidazole rings is 1. The molecule has 2 aromatic rings. The lowest BCUT2D eigenvalue weighted by Gasteiger charge is -2.19. The molecule has 0 saturated carbocycles. The number of nitrogens with zero attached hydrogens (tertiary/aromatic N) is 2. The third-order valence-electron chi connectivity index (χ3n) is 4.32. The quantitative estimate of drug-likeness (QED) is 0.653. The molecule has 0 radical (unpaired) electrons. The van der Waals surface area contributed by atoms with Crippen LogP contribution in [0.15, 0.2) is 60.2 Å². The molecular formula is C20H25FN2O2S. The minimum atomic E-state index is -3.27. The van der Waals surface area contributed by atoms with E-state index in [9.17, 15) is 12.8 Å². The van der Waals surface area contributed by atoms with Crippen molar-refractivity contribution in [2.75, 3.05) is 6.26 Å². The van der Waals surface area contributed by atoms with Crippen molar-refractivity contribution < 1.29 is 12.8 Å². The van der Waals surface area contributed by atoms with Crippen LogP contribution in [0.5, 0.6) is 0 Å². The molecule has 0 bridgehead atoms. The minimum Gasteiger partial charge on any atom is -0.303 e. The summed E-state index contributed by atoms with van der Waals surface area (Å²) < 4.78 is 39.0. The van der Waals surface area contributed by atoms with Crippen molar-refractivity contribution in [2.24, 2.45) is 5.92 Å². The summed E-state index contributed by atoms with van der Waals surface area (Å²) in [4.78, 5) is 4.74. The van der Waals surface area contributed by atoms with E-state index in [1.165, 1.54) is 13.2 Å². The highest BCUT2D eigenvalue weighted by molar-refractivity contribution is 7.90. The third-order valence-corrected chi connectivity index (χ3v) is 5.45. The van der Waals surface area contributed by atoms with Gasteiger partial charge in [-0.15, -0.1) is 6.58 Å². The van der Waals surface area contributed by atoms with Crippen molar-refractivity contribution in [3.8, 4) is 5.69 Å². The first kappa shape index (κ1) is 20.1. The fourth-order valence-electron chi connectivity index (χ4n) is 2.88. The second-order valence-electron chi connectivity index (χ2n) is 6.42. The molecular weight excluding hydrogens is 351 g/mol. The van der Waals surface area contributed by atoms with Crippen molar-refractivity contribution in [3.63, 3.8) is 0 Å². The van der Waals surface area contributed by atoms with E-state index in [1.54, 1.807) is 36.5 Å². The molecule has 0 amide bonds. The minimum absolute atomic E-state index is 0.103. The molecule has 3 atom stereocenters. The van der Waals surface area contributed by atoms with Crippen LogP contribution in [0.4, 0.5) is 4.39 Å². The van der Waals surface area contributed by atoms with Gasteiger partial charge in [-0.3, -0.25) is 0 Å². The Balaban J connectivity index is 2.58. The van der Waals surface area contributed by atoms with Gasteiger partial charge in [0.15, 0.2) is 9.84 Å². The molecule has 4 nitrogen and oxygen atoms in total. The van der Waals surface area contributed by atoms with Gasteiger partial charge in [0.25, 0.3) is 0 Å². The Labute approximate surface area is 155 Å². The molecule has 0 fully saturated rings. The van der Waals surface area contributed by atoms with Crippen molar-refractivity contribution in [3.05, 3.63) is 66.8 Å². The summed E-state index contributed by atoms with van der Waals surface area (Å²) in [5, 5.41) is 0.